The summed E-state index contributed by atoms with van der Waals surface area (Å²) in [5.41, 5.74) is 1.32. The van der Waals surface area contributed by atoms with Crippen LogP contribution in [0.5, 0.6) is 0 Å². The molecule has 5 nitrogen and oxygen atoms in total. The van der Waals surface area contributed by atoms with Gasteiger partial charge in [-0.25, -0.2) is 0 Å². The molecule has 0 spiro atoms. The number of nitrogens with zero attached hydrogens (tertiary/aromatic N) is 1. The van der Waals surface area contributed by atoms with Crippen LogP contribution in [0.1, 0.15) is 23.7 Å². The van der Waals surface area contributed by atoms with Crippen LogP contribution < -0.4 is 10.2 Å². The van der Waals surface area contributed by atoms with Gasteiger partial charge in [0.15, 0.2) is 0 Å². The molecule has 1 aromatic heterocycles. The molecule has 1 aromatic carbocycles. The third kappa shape index (κ3) is 3.95. The number of nitrogens with one attached hydrogen (secondary N) is 1. The van der Waals surface area contributed by atoms with Crippen LogP contribution in [0.2, 0.25) is 0 Å². The zero-order chi connectivity index (χ0) is 15.1. The molecule has 2 rings (SSSR count). The van der Waals surface area contributed by atoms with Gasteiger partial charge in [0.2, 0.25) is 5.91 Å². The molecule has 0 atom stereocenters. The van der Waals surface area contributed by atoms with Crippen LogP contribution >= 0.6 is 0 Å². The van der Waals surface area contributed by atoms with Crippen molar-refractivity contribution < 1.29 is 14.0 Å². The fourth-order valence-corrected chi connectivity index (χ4v) is 2.02. The average Bonchev–Trinajstić information content (AvgIpc) is 3.03. The highest BCUT2D eigenvalue weighted by molar-refractivity contribution is 5.95. The van der Waals surface area contributed by atoms with Gasteiger partial charge in [0.25, 0.3) is 5.91 Å². The van der Waals surface area contributed by atoms with Gasteiger partial charge in [-0.05, 0) is 25.1 Å². The summed E-state index contributed by atoms with van der Waals surface area (Å²) in [7, 11) is 0. The van der Waals surface area contributed by atoms with Crippen molar-refractivity contribution in [3.63, 3.8) is 0 Å². The SMILES string of the molecule is CCN(C(=O)CCNC(=O)c1ccoc1)c1ccccc1. The van der Waals surface area contributed by atoms with Crippen molar-refractivity contribution in [1.82, 2.24) is 5.32 Å². The van der Waals surface area contributed by atoms with Crippen molar-refractivity contribution in [3.05, 3.63) is 54.5 Å². The van der Waals surface area contributed by atoms with E-state index in [1.807, 2.05) is 37.3 Å². The molecule has 0 bridgehead atoms. The molecule has 0 fully saturated rings. The highest BCUT2D eigenvalue weighted by Crippen LogP contribution is 2.13. The first-order valence-electron chi connectivity index (χ1n) is 6.88. The van der Waals surface area contributed by atoms with Crippen molar-refractivity contribution >= 4 is 17.5 Å². The van der Waals surface area contributed by atoms with E-state index in [4.69, 9.17) is 4.42 Å². The second kappa shape index (κ2) is 7.28. The molecule has 1 heterocycles. The Balaban J connectivity index is 1.85. The standard InChI is InChI=1S/C16H18N2O3/c1-2-18(14-6-4-3-5-7-14)15(19)8-10-17-16(20)13-9-11-21-12-13/h3-7,9,11-12H,2,8,10H2,1H3,(H,17,20). The Kier molecular flexibility index (Phi) is 5.15. The average molecular weight is 286 g/mol. The highest BCUT2D eigenvalue weighted by Gasteiger charge is 2.14. The van der Waals surface area contributed by atoms with Crippen molar-refractivity contribution in [2.75, 3.05) is 18.0 Å². The Morgan fingerprint density at radius 2 is 1.95 bits per heavy atom. The summed E-state index contributed by atoms with van der Waals surface area (Å²) in [6.45, 7) is 2.82. The molecular weight excluding hydrogens is 268 g/mol. The minimum Gasteiger partial charge on any atom is -0.472 e. The van der Waals surface area contributed by atoms with Crippen LogP contribution in [0, 0.1) is 0 Å². The van der Waals surface area contributed by atoms with E-state index in [9.17, 15) is 9.59 Å². The van der Waals surface area contributed by atoms with Crippen molar-refractivity contribution in [2.24, 2.45) is 0 Å². The summed E-state index contributed by atoms with van der Waals surface area (Å²) in [6, 6.07) is 11.1. The number of carbonyl (C=O) groups excluding carboxylic acids is 2. The van der Waals surface area contributed by atoms with Gasteiger partial charge in [0, 0.05) is 25.2 Å². The first-order chi connectivity index (χ1) is 10.2. The number of furan rings is 1. The highest BCUT2D eigenvalue weighted by atomic mass is 16.3. The van der Waals surface area contributed by atoms with E-state index in [-0.39, 0.29) is 18.2 Å². The normalized spacial score (nSPS) is 10.1. The Hall–Kier alpha value is -2.56. The summed E-state index contributed by atoms with van der Waals surface area (Å²) < 4.78 is 4.84. The maximum absolute atomic E-state index is 12.2. The number of anilines is 1. The van der Waals surface area contributed by atoms with E-state index >= 15 is 0 Å². The molecule has 1 N–H and O–H groups in total. The van der Waals surface area contributed by atoms with Crippen LogP contribution in [-0.4, -0.2) is 24.9 Å². The lowest BCUT2D eigenvalue weighted by Gasteiger charge is -2.21. The quantitative estimate of drug-likeness (QED) is 0.887. The van der Waals surface area contributed by atoms with Gasteiger partial charge < -0.3 is 14.6 Å². The van der Waals surface area contributed by atoms with Gasteiger partial charge in [-0.2, -0.15) is 0 Å². The number of hydrogen-bond acceptors (Lipinski definition) is 3. The zero-order valence-electron chi connectivity index (χ0n) is 11.9. The molecule has 0 unspecified atom stereocenters. The predicted molar refractivity (Wildman–Crippen MR) is 80.1 cm³/mol. The number of hydrogen-bond donors (Lipinski definition) is 1. The second-order valence-corrected chi connectivity index (χ2v) is 4.49. The fraction of sp³-hybridized carbons (Fsp3) is 0.250. The Bertz CT molecular complexity index is 579. The summed E-state index contributed by atoms with van der Waals surface area (Å²) in [6.07, 6.45) is 3.07. The van der Waals surface area contributed by atoms with E-state index in [2.05, 4.69) is 5.32 Å². The molecule has 0 aliphatic heterocycles. The summed E-state index contributed by atoms with van der Waals surface area (Å²) in [4.78, 5) is 25.6. The van der Waals surface area contributed by atoms with Crippen LogP contribution in [0.3, 0.4) is 0 Å². The predicted octanol–water partition coefficient (Wildman–Crippen LogP) is 2.45. The molecular formula is C16H18N2O3. The van der Waals surface area contributed by atoms with Gasteiger partial charge in [0.1, 0.15) is 6.26 Å². The first-order valence-corrected chi connectivity index (χ1v) is 6.88. The topological polar surface area (TPSA) is 62.6 Å². The third-order valence-corrected chi connectivity index (χ3v) is 3.09. The molecule has 2 amide bonds. The van der Waals surface area contributed by atoms with Gasteiger partial charge in [-0.15, -0.1) is 0 Å². The van der Waals surface area contributed by atoms with E-state index in [0.29, 0.717) is 18.7 Å². The van der Waals surface area contributed by atoms with Gasteiger partial charge in [0.05, 0.1) is 11.8 Å². The smallest absolute Gasteiger partial charge is 0.254 e. The molecule has 0 radical (unpaired) electrons. The molecule has 0 saturated heterocycles. The van der Waals surface area contributed by atoms with Gasteiger partial charge in [-0.3, -0.25) is 9.59 Å². The summed E-state index contributed by atoms with van der Waals surface area (Å²) in [5.74, 6) is -0.254. The van der Waals surface area contributed by atoms with E-state index in [0.717, 1.165) is 5.69 Å². The van der Waals surface area contributed by atoms with Crippen molar-refractivity contribution in [3.8, 4) is 0 Å². The molecule has 21 heavy (non-hydrogen) atoms. The molecule has 5 heteroatoms. The molecule has 110 valence electrons. The second-order valence-electron chi connectivity index (χ2n) is 4.49. The minimum atomic E-state index is -0.237. The fourth-order valence-electron chi connectivity index (χ4n) is 2.02. The number of amides is 2. The monoisotopic (exact) mass is 286 g/mol. The lowest BCUT2D eigenvalue weighted by Crippen LogP contribution is -2.34. The zero-order valence-corrected chi connectivity index (χ0v) is 11.9. The number of carbonyl (C=O) groups is 2. The van der Waals surface area contributed by atoms with E-state index < -0.39 is 0 Å². The molecule has 0 aliphatic carbocycles. The maximum Gasteiger partial charge on any atom is 0.254 e. The Morgan fingerprint density at radius 1 is 1.19 bits per heavy atom. The van der Waals surface area contributed by atoms with Crippen molar-refractivity contribution in [2.45, 2.75) is 13.3 Å². The third-order valence-electron chi connectivity index (χ3n) is 3.09. The summed E-state index contributed by atoms with van der Waals surface area (Å²) in [5, 5.41) is 2.70. The first kappa shape index (κ1) is 14.8. The molecule has 0 saturated carbocycles. The van der Waals surface area contributed by atoms with Gasteiger partial charge >= 0.3 is 0 Å². The summed E-state index contributed by atoms with van der Waals surface area (Å²) >= 11 is 0. The Morgan fingerprint density at radius 3 is 2.57 bits per heavy atom. The van der Waals surface area contributed by atoms with Crippen molar-refractivity contribution in [1.29, 1.82) is 0 Å². The van der Waals surface area contributed by atoms with Crippen LogP contribution in [-0.2, 0) is 4.79 Å². The molecule has 0 aliphatic rings. The maximum atomic E-state index is 12.2. The van der Waals surface area contributed by atoms with Gasteiger partial charge in [-0.1, -0.05) is 18.2 Å². The number of benzene rings is 1. The Labute approximate surface area is 123 Å². The number of para-hydroxylation sites is 1. The minimum absolute atomic E-state index is 0.0174. The van der Waals surface area contributed by atoms with Crippen LogP contribution in [0.4, 0.5) is 5.69 Å². The number of rotatable bonds is 6. The molecule has 2 aromatic rings. The largest absolute Gasteiger partial charge is 0.472 e. The van der Waals surface area contributed by atoms with E-state index in [1.54, 1.807) is 11.0 Å². The van der Waals surface area contributed by atoms with Crippen LogP contribution in [0.15, 0.2) is 53.3 Å². The lowest BCUT2D eigenvalue weighted by molar-refractivity contribution is -0.118. The lowest BCUT2D eigenvalue weighted by atomic mass is 10.2. The van der Waals surface area contributed by atoms with Crippen LogP contribution in [0.25, 0.3) is 0 Å². The van der Waals surface area contributed by atoms with E-state index in [1.165, 1.54) is 12.5 Å².